The minimum Gasteiger partial charge on any atom is -0.373 e. The molecule has 4 heteroatoms. The fourth-order valence-electron chi connectivity index (χ4n) is 2.00. The molecule has 14 heavy (non-hydrogen) atoms. The van der Waals surface area contributed by atoms with Gasteiger partial charge in [-0.2, -0.15) is 0 Å². The van der Waals surface area contributed by atoms with Crippen LogP contribution in [0.3, 0.4) is 0 Å². The maximum Gasteiger partial charge on any atom is 0.177 e. The quantitative estimate of drug-likeness (QED) is 0.763. The zero-order chi connectivity index (χ0) is 10.2. The third-order valence-corrected chi connectivity index (χ3v) is 3.06. The highest BCUT2D eigenvalue weighted by molar-refractivity contribution is 7.71. The molecule has 1 saturated heterocycles. The molecule has 1 aliphatic rings. The number of aryl methyl sites for hydroxylation is 1. The van der Waals surface area contributed by atoms with Crippen molar-refractivity contribution in [3.05, 3.63) is 16.7 Å². The van der Waals surface area contributed by atoms with Crippen LogP contribution in [-0.4, -0.2) is 21.8 Å². The zero-order valence-corrected chi connectivity index (χ0v) is 9.49. The summed E-state index contributed by atoms with van der Waals surface area (Å²) in [5, 5.41) is 0. The molecule has 1 aliphatic heterocycles. The van der Waals surface area contributed by atoms with E-state index in [1.165, 1.54) is 0 Å². The smallest absolute Gasteiger partial charge is 0.177 e. The number of aromatic nitrogens is 2. The molecule has 2 rings (SSSR count). The number of rotatable bonds is 2. The van der Waals surface area contributed by atoms with Crippen molar-refractivity contribution in [2.24, 2.45) is 0 Å². The zero-order valence-electron chi connectivity index (χ0n) is 8.67. The van der Waals surface area contributed by atoms with Gasteiger partial charge in [-0.15, -0.1) is 0 Å². The molecule has 1 aromatic heterocycles. The summed E-state index contributed by atoms with van der Waals surface area (Å²) in [5.41, 5.74) is 1.09. The average molecular weight is 212 g/mol. The van der Waals surface area contributed by atoms with Crippen LogP contribution in [0.25, 0.3) is 0 Å². The summed E-state index contributed by atoms with van der Waals surface area (Å²) in [6, 6.07) is 0. The topological polar surface area (TPSA) is 29.9 Å². The number of imidazole rings is 1. The van der Waals surface area contributed by atoms with Crippen molar-refractivity contribution >= 4 is 12.2 Å². The number of nitrogens with zero attached hydrogens (tertiary/aromatic N) is 1. The van der Waals surface area contributed by atoms with E-state index < -0.39 is 0 Å². The van der Waals surface area contributed by atoms with Crippen molar-refractivity contribution in [3.63, 3.8) is 0 Å². The lowest BCUT2D eigenvalue weighted by Crippen LogP contribution is -2.29. The monoisotopic (exact) mass is 212 g/mol. The van der Waals surface area contributed by atoms with Crippen molar-refractivity contribution in [1.82, 2.24) is 9.55 Å². The third kappa shape index (κ3) is 1.91. The van der Waals surface area contributed by atoms with Crippen LogP contribution in [-0.2, 0) is 11.3 Å². The first kappa shape index (κ1) is 9.93. The molecule has 1 N–H and O–H groups in total. The predicted molar refractivity (Wildman–Crippen MR) is 57.9 cm³/mol. The lowest BCUT2D eigenvalue weighted by atomic mass is 10.0. The van der Waals surface area contributed by atoms with Gasteiger partial charge >= 0.3 is 0 Å². The van der Waals surface area contributed by atoms with Crippen LogP contribution in [0.15, 0.2) is 6.20 Å². The van der Waals surface area contributed by atoms with E-state index in [1.54, 1.807) is 0 Å². The standard InChI is InChI=1S/C10H16N2OS/c1-8-6-12(9(14)11-8)7-10(2)4-3-5-13-10/h6H,3-5,7H2,1-2H3,(H,11,14). The summed E-state index contributed by atoms with van der Waals surface area (Å²) in [6.45, 7) is 5.91. The number of hydrogen-bond acceptors (Lipinski definition) is 2. The molecule has 0 aromatic carbocycles. The lowest BCUT2D eigenvalue weighted by Gasteiger charge is -2.23. The first-order valence-corrected chi connectivity index (χ1v) is 5.40. The molecule has 1 fully saturated rings. The molecular formula is C10H16N2OS. The van der Waals surface area contributed by atoms with Gasteiger partial charge < -0.3 is 14.3 Å². The molecule has 78 valence electrons. The lowest BCUT2D eigenvalue weighted by molar-refractivity contribution is 0.00593. The van der Waals surface area contributed by atoms with Gasteiger partial charge in [0.25, 0.3) is 0 Å². The van der Waals surface area contributed by atoms with Gasteiger partial charge in [-0.1, -0.05) is 0 Å². The van der Waals surface area contributed by atoms with Gasteiger partial charge in [0.15, 0.2) is 4.77 Å². The highest BCUT2D eigenvalue weighted by Gasteiger charge is 2.30. The number of nitrogens with one attached hydrogen (secondary N) is 1. The van der Waals surface area contributed by atoms with Crippen LogP contribution < -0.4 is 0 Å². The Morgan fingerprint density at radius 2 is 2.50 bits per heavy atom. The molecule has 0 bridgehead atoms. The van der Waals surface area contributed by atoms with Crippen molar-refractivity contribution < 1.29 is 4.74 Å². The molecule has 0 amide bonds. The molecule has 0 spiro atoms. The van der Waals surface area contributed by atoms with Gasteiger partial charge in [-0.3, -0.25) is 0 Å². The Morgan fingerprint density at radius 3 is 3.00 bits per heavy atom. The summed E-state index contributed by atoms with van der Waals surface area (Å²) < 4.78 is 8.58. The van der Waals surface area contributed by atoms with E-state index in [9.17, 15) is 0 Å². The molecule has 3 nitrogen and oxygen atoms in total. The van der Waals surface area contributed by atoms with Gasteiger partial charge in [0.05, 0.1) is 12.1 Å². The van der Waals surface area contributed by atoms with E-state index in [4.69, 9.17) is 17.0 Å². The molecular weight excluding hydrogens is 196 g/mol. The van der Waals surface area contributed by atoms with Crippen molar-refractivity contribution in [2.75, 3.05) is 6.61 Å². The van der Waals surface area contributed by atoms with E-state index in [-0.39, 0.29) is 5.60 Å². The molecule has 0 aliphatic carbocycles. The third-order valence-electron chi connectivity index (χ3n) is 2.72. The molecule has 2 heterocycles. The Balaban J connectivity index is 2.17. The minimum absolute atomic E-state index is 0.0210. The van der Waals surface area contributed by atoms with Crippen molar-refractivity contribution in [1.29, 1.82) is 0 Å². The predicted octanol–water partition coefficient (Wildman–Crippen LogP) is 2.42. The first-order valence-electron chi connectivity index (χ1n) is 4.99. The van der Waals surface area contributed by atoms with E-state index in [1.807, 2.05) is 6.92 Å². The number of H-pyrrole nitrogens is 1. The largest absolute Gasteiger partial charge is 0.373 e. The summed E-state index contributed by atoms with van der Waals surface area (Å²) in [6.07, 6.45) is 4.33. The fourth-order valence-corrected chi connectivity index (χ4v) is 2.28. The maximum atomic E-state index is 5.73. The normalized spacial score (nSPS) is 27.0. The molecule has 0 radical (unpaired) electrons. The molecule has 1 unspecified atom stereocenters. The molecule has 1 aromatic rings. The van der Waals surface area contributed by atoms with Crippen LogP contribution in [0.1, 0.15) is 25.5 Å². The van der Waals surface area contributed by atoms with Crippen LogP contribution in [0.2, 0.25) is 0 Å². The Kier molecular flexibility index (Phi) is 2.49. The van der Waals surface area contributed by atoms with Gasteiger partial charge in [0, 0.05) is 18.5 Å². The van der Waals surface area contributed by atoms with Crippen LogP contribution >= 0.6 is 12.2 Å². The summed E-state index contributed by atoms with van der Waals surface area (Å²) in [4.78, 5) is 3.12. The van der Waals surface area contributed by atoms with Crippen LogP contribution in [0.4, 0.5) is 0 Å². The summed E-state index contributed by atoms with van der Waals surface area (Å²) >= 11 is 5.21. The second kappa shape index (κ2) is 3.51. The highest BCUT2D eigenvalue weighted by Crippen LogP contribution is 2.26. The Labute approximate surface area is 89.1 Å². The summed E-state index contributed by atoms with van der Waals surface area (Å²) in [5.74, 6) is 0. The van der Waals surface area contributed by atoms with Gasteiger partial charge in [-0.05, 0) is 38.9 Å². The number of ether oxygens (including phenoxy) is 1. The molecule has 0 saturated carbocycles. The van der Waals surface area contributed by atoms with E-state index in [0.29, 0.717) is 0 Å². The van der Waals surface area contributed by atoms with Crippen LogP contribution in [0, 0.1) is 11.7 Å². The first-order chi connectivity index (χ1) is 6.59. The van der Waals surface area contributed by atoms with Gasteiger partial charge in [-0.25, -0.2) is 0 Å². The average Bonchev–Trinajstić information content (AvgIpc) is 2.61. The van der Waals surface area contributed by atoms with Gasteiger partial charge in [0.1, 0.15) is 0 Å². The van der Waals surface area contributed by atoms with Crippen LogP contribution in [0.5, 0.6) is 0 Å². The highest BCUT2D eigenvalue weighted by atomic mass is 32.1. The van der Waals surface area contributed by atoms with Crippen molar-refractivity contribution in [2.45, 2.75) is 38.8 Å². The number of hydrogen-bond donors (Lipinski definition) is 1. The van der Waals surface area contributed by atoms with Crippen molar-refractivity contribution in [3.8, 4) is 0 Å². The Bertz CT molecular complexity index is 374. The second-order valence-corrected chi connectivity index (χ2v) is 4.66. The minimum atomic E-state index is -0.0210. The molecule has 1 atom stereocenters. The van der Waals surface area contributed by atoms with Gasteiger partial charge in [0.2, 0.25) is 0 Å². The SMILES string of the molecule is Cc1cn(CC2(C)CCCO2)c(=S)[nH]1. The second-order valence-electron chi connectivity index (χ2n) is 4.27. The summed E-state index contributed by atoms with van der Waals surface area (Å²) in [7, 11) is 0. The van der Waals surface area contributed by atoms with E-state index >= 15 is 0 Å². The fraction of sp³-hybridized carbons (Fsp3) is 0.700. The Hall–Kier alpha value is -0.610. The van der Waals surface area contributed by atoms with E-state index in [2.05, 4.69) is 22.7 Å². The Morgan fingerprint density at radius 1 is 1.71 bits per heavy atom. The number of aromatic amines is 1. The maximum absolute atomic E-state index is 5.73. The van der Waals surface area contributed by atoms with E-state index in [0.717, 1.165) is 36.5 Å².